The Bertz CT molecular complexity index is 446. The minimum atomic E-state index is -1.34. The molecule has 0 fully saturated rings. The topological polar surface area (TPSA) is 105 Å². The highest BCUT2D eigenvalue weighted by Gasteiger charge is 2.20. The highest BCUT2D eigenvalue weighted by Crippen LogP contribution is 2.22. The molecule has 6 heteroatoms. The first-order valence-electron chi connectivity index (χ1n) is 6.03. The molecule has 106 valence electrons. The number of carbonyl (C=O) groups excluding carboxylic acids is 1. The van der Waals surface area contributed by atoms with E-state index in [4.69, 9.17) is 15.6 Å². The van der Waals surface area contributed by atoms with Crippen molar-refractivity contribution < 1.29 is 19.7 Å². The molecule has 6 nitrogen and oxygen atoms in total. The maximum Gasteiger partial charge on any atom is 0.251 e. The molecule has 1 rings (SSSR count). The molecular formula is C13H20N2O4. The molecule has 0 saturated carbocycles. The standard InChI is InChI=1S/C13H20N2O4/c1-3-19-11-5-4-9(6-10(11)14)12(17)15-7-13(2,18)8-16/h4-6,16,18H,3,7-8,14H2,1-2H3,(H,15,17). The lowest BCUT2D eigenvalue weighted by atomic mass is 10.1. The number of nitrogens with one attached hydrogen (secondary N) is 1. The maximum absolute atomic E-state index is 11.8. The Balaban J connectivity index is 2.70. The highest BCUT2D eigenvalue weighted by molar-refractivity contribution is 5.95. The van der Waals surface area contributed by atoms with Crippen molar-refractivity contribution in [1.29, 1.82) is 0 Å². The number of nitrogens with two attached hydrogens (primary N) is 1. The molecule has 0 spiro atoms. The number of aliphatic hydroxyl groups is 2. The van der Waals surface area contributed by atoms with Gasteiger partial charge >= 0.3 is 0 Å². The third-order valence-electron chi connectivity index (χ3n) is 2.54. The highest BCUT2D eigenvalue weighted by atomic mass is 16.5. The van der Waals surface area contributed by atoms with E-state index < -0.39 is 12.2 Å². The number of rotatable bonds is 6. The van der Waals surface area contributed by atoms with Crippen LogP contribution in [0.1, 0.15) is 24.2 Å². The molecule has 1 amide bonds. The smallest absolute Gasteiger partial charge is 0.251 e. The number of aliphatic hydroxyl groups excluding tert-OH is 1. The van der Waals surface area contributed by atoms with Gasteiger partial charge < -0.3 is 26.0 Å². The number of hydrogen-bond acceptors (Lipinski definition) is 5. The summed E-state index contributed by atoms with van der Waals surface area (Å²) in [5.74, 6) is 0.157. The van der Waals surface area contributed by atoms with E-state index in [1.54, 1.807) is 12.1 Å². The van der Waals surface area contributed by atoms with E-state index in [1.165, 1.54) is 13.0 Å². The van der Waals surface area contributed by atoms with E-state index in [9.17, 15) is 9.90 Å². The first-order chi connectivity index (χ1) is 8.89. The van der Waals surface area contributed by atoms with Crippen LogP contribution in [0.5, 0.6) is 5.75 Å². The second kappa shape index (κ2) is 6.40. The summed E-state index contributed by atoms with van der Waals surface area (Å²) in [5, 5.41) is 21.0. The molecule has 0 aliphatic rings. The van der Waals surface area contributed by atoms with Gasteiger partial charge in [-0.25, -0.2) is 0 Å². The van der Waals surface area contributed by atoms with Crippen LogP contribution >= 0.6 is 0 Å². The van der Waals surface area contributed by atoms with Crippen LogP contribution in [0.2, 0.25) is 0 Å². The molecule has 0 radical (unpaired) electrons. The average molecular weight is 268 g/mol. The van der Waals surface area contributed by atoms with Gasteiger partial charge in [0.25, 0.3) is 5.91 Å². The molecule has 1 atom stereocenters. The number of benzene rings is 1. The van der Waals surface area contributed by atoms with E-state index >= 15 is 0 Å². The van der Waals surface area contributed by atoms with Crippen molar-refractivity contribution in [3.63, 3.8) is 0 Å². The Kier molecular flexibility index (Phi) is 5.14. The summed E-state index contributed by atoms with van der Waals surface area (Å²) in [5.41, 5.74) is 5.17. The van der Waals surface area contributed by atoms with Gasteiger partial charge in [0, 0.05) is 12.1 Å². The van der Waals surface area contributed by atoms with Crippen molar-refractivity contribution >= 4 is 11.6 Å². The van der Waals surface area contributed by atoms with Crippen LogP contribution in [0.4, 0.5) is 5.69 Å². The Hall–Kier alpha value is -1.79. The fourth-order valence-electron chi connectivity index (χ4n) is 1.41. The Morgan fingerprint density at radius 1 is 1.53 bits per heavy atom. The normalized spacial score (nSPS) is 13.7. The molecule has 0 aromatic heterocycles. The lowest BCUT2D eigenvalue weighted by Crippen LogP contribution is -2.43. The van der Waals surface area contributed by atoms with Crippen LogP contribution in [0, 0.1) is 0 Å². The van der Waals surface area contributed by atoms with Crippen molar-refractivity contribution in [2.24, 2.45) is 0 Å². The molecular weight excluding hydrogens is 248 g/mol. The lowest BCUT2D eigenvalue weighted by Gasteiger charge is -2.20. The van der Waals surface area contributed by atoms with Crippen LogP contribution in [0.15, 0.2) is 18.2 Å². The second-order valence-corrected chi connectivity index (χ2v) is 4.52. The minimum Gasteiger partial charge on any atom is -0.492 e. The minimum absolute atomic E-state index is 0.0462. The van der Waals surface area contributed by atoms with Crippen LogP contribution in [0.3, 0.4) is 0 Å². The quantitative estimate of drug-likeness (QED) is 0.549. The zero-order valence-corrected chi connectivity index (χ0v) is 11.1. The molecule has 0 aliphatic heterocycles. The van der Waals surface area contributed by atoms with E-state index in [0.717, 1.165) is 0 Å². The van der Waals surface area contributed by atoms with Crippen molar-refractivity contribution in [3.8, 4) is 5.75 Å². The summed E-state index contributed by atoms with van der Waals surface area (Å²) < 4.78 is 5.27. The number of carbonyl (C=O) groups is 1. The largest absolute Gasteiger partial charge is 0.492 e. The van der Waals surface area contributed by atoms with Crippen molar-refractivity contribution in [3.05, 3.63) is 23.8 Å². The lowest BCUT2D eigenvalue weighted by molar-refractivity contribution is 0.00320. The monoisotopic (exact) mass is 268 g/mol. The van der Waals surface area contributed by atoms with E-state index in [1.807, 2.05) is 6.92 Å². The van der Waals surface area contributed by atoms with Crippen molar-refractivity contribution in [2.45, 2.75) is 19.4 Å². The van der Waals surface area contributed by atoms with Crippen LogP contribution in [-0.4, -0.2) is 41.5 Å². The van der Waals surface area contributed by atoms with Gasteiger partial charge in [-0.05, 0) is 32.0 Å². The Morgan fingerprint density at radius 2 is 2.21 bits per heavy atom. The van der Waals surface area contributed by atoms with Crippen LogP contribution in [0.25, 0.3) is 0 Å². The molecule has 1 unspecified atom stereocenters. The van der Waals surface area contributed by atoms with E-state index in [0.29, 0.717) is 23.6 Å². The molecule has 0 bridgehead atoms. The zero-order valence-electron chi connectivity index (χ0n) is 11.1. The first-order valence-corrected chi connectivity index (χ1v) is 6.03. The predicted octanol–water partition coefficient (Wildman–Crippen LogP) is 0.141. The molecule has 5 N–H and O–H groups in total. The number of nitrogen functional groups attached to an aromatic ring is 1. The molecule has 19 heavy (non-hydrogen) atoms. The second-order valence-electron chi connectivity index (χ2n) is 4.52. The van der Waals surface area contributed by atoms with Crippen LogP contribution < -0.4 is 15.8 Å². The van der Waals surface area contributed by atoms with Crippen LogP contribution in [-0.2, 0) is 0 Å². The van der Waals surface area contributed by atoms with E-state index in [-0.39, 0.29) is 12.5 Å². The number of amides is 1. The van der Waals surface area contributed by atoms with Gasteiger partial charge in [0.05, 0.1) is 18.9 Å². The van der Waals surface area contributed by atoms with Crippen molar-refractivity contribution in [2.75, 3.05) is 25.5 Å². The molecule has 1 aromatic carbocycles. The van der Waals surface area contributed by atoms with E-state index in [2.05, 4.69) is 5.32 Å². The summed E-state index contributed by atoms with van der Waals surface area (Å²) in [4.78, 5) is 11.8. The van der Waals surface area contributed by atoms with Gasteiger partial charge in [0.1, 0.15) is 11.4 Å². The van der Waals surface area contributed by atoms with Crippen molar-refractivity contribution in [1.82, 2.24) is 5.32 Å². The summed E-state index contributed by atoms with van der Waals surface area (Å²) in [6.45, 7) is 3.29. The maximum atomic E-state index is 11.8. The fourth-order valence-corrected chi connectivity index (χ4v) is 1.41. The number of ether oxygens (including phenoxy) is 1. The van der Waals surface area contributed by atoms with Gasteiger partial charge in [0.2, 0.25) is 0 Å². The third-order valence-corrected chi connectivity index (χ3v) is 2.54. The first kappa shape index (κ1) is 15.3. The molecule has 1 aromatic rings. The SMILES string of the molecule is CCOc1ccc(C(=O)NCC(C)(O)CO)cc1N. The molecule has 0 saturated heterocycles. The molecule has 0 heterocycles. The number of hydrogen-bond donors (Lipinski definition) is 4. The zero-order chi connectivity index (χ0) is 14.5. The fraction of sp³-hybridized carbons (Fsp3) is 0.462. The van der Waals surface area contributed by atoms with Gasteiger partial charge in [-0.1, -0.05) is 0 Å². The Labute approximate surface area is 112 Å². The molecule has 0 aliphatic carbocycles. The summed E-state index contributed by atoms with van der Waals surface area (Å²) in [6.07, 6.45) is 0. The predicted molar refractivity (Wildman–Crippen MR) is 72.1 cm³/mol. The summed E-state index contributed by atoms with van der Waals surface area (Å²) in [6, 6.07) is 4.72. The summed E-state index contributed by atoms with van der Waals surface area (Å²) >= 11 is 0. The van der Waals surface area contributed by atoms with Gasteiger partial charge in [-0.2, -0.15) is 0 Å². The Morgan fingerprint density at radius 3 is 2.74 bits per heavy atom. The van der Waals surface area contributed by atoms with Gasteiger partial charge in [-0.3, -0.25) is 4.79 Å². The third kappa shape index (κ3) is 4.42. The number of anilines is 1. The summed E-state index contributed by atoms with van der Waals surface area (Å²) in [7, 11) is 0. The average Bonchev–Trinajstić information content (AvgIpc) is 2.38. The van der Waals surface area contributed by atoms with Gasteiger partial charge in [-0.15, -0.1) is 0 Å². The van der Waals surface area contributed by atoms with Gasteiger partial charge in [0.15, 0.2) is 0 Å².